The molecule has 11 heavy (non-hydrogen) atoms. The van der Waals surface area contributed by atoms with E-state index in [0.717, 1.165) is 10.9 Å². The second-order valence-corrected chi connectivity index (χ2v) is 2.16. The first-order valence-corrected chi connectivity index (χ1v) is 2.84. The molecule has 0 aliphatic heterocycles. The highest BCUT2D eigenvalue weighted by molar-refractivity contribution is 5.22. The second kappa shape index (κ2) is 2.25. The monoisotopic (exact) mass is 163 g/mol. The Morgan fingerprint density at radius 1 is 1.55 bits per heavy atom. The minimum absolute atomic E-state index is 0.236. The normalized spacial score (nSPS) is 12.1. The number of halogens is 3. The highest BCUT2D eigenvalue weighted by Gasteiger charge is 2.34. The predicted octanol–water partition coefficient (Wildman–Crippen LogP) is 1.62. The number of hydrogen-bond donors (Lipinski definition) is 0. The summed E-state index contributed by atoms with van der Waals surface area (Å²) in [5.74, 6) is 0. The maximum absolute atomic E-state index is 12.0. The second-order valence-electron chi connectivity index (χ2n) is 2.16. The van der Waals surface area contributed by atoms with Gasteiger partial charge in [-0.3, -0.25) is 4.68 Å². The zero-order valence-corrected chi connectivity index (χ0v) is 5.81. The first-order chi connectivity index (χ1) is 4.91. The summed E-state index contributed by atoms with van der Waals surface area (Å²) in [7, 11) is 1.42. The van der Waals surface area contributed by atoms with E-state index < -0.39 is 11.7 Å². The summed E-state index contributed by atoms with van der Waals surface area (Å²) < 4.78 is 37.0. The lowest BCUT2D eigenvalue weighted by atomic mass is 10.3. The van der Waals surface area contributed by atoms with Crippen LogP contribution in [0.1, 0.15) is 11.3 Å². The molecule has 0 atom stereocenters. The van der Waals surface area contributed by atoms with Crippen LogP contribution in [0.5, 0.6) is 0 Å². The van der Waals surface area contributed by atoms with Crippen LogP contribution in [0.4, 0.5) is 13.2 Å². The van der Waals surface area contributed by atoms with E-state index in [1.54, 1.807) is 0 Å². The molecule has 2 nitrogen and oxygen atoms in total. The molecule has 0 aromatic carbocycles. The summed E-state index contributed by atoms with van der Waals surface area (Å²) in [6.45, 7) is 3.16. The number of alkyl halides is 3. The largest absolute Gasteiger partial charge is 0.419 e. The Bertz CT molecular complexity index is 261. The lowest BCUT2D eigenvalue weighted by Gasteiger charge is -2.01. The van der Waals surface area contributed by atoms with Crippen molar-refractivity contribution in [2.24, 2.45) is 7.05 Å². The van der Waals surface area contributed by atoms with Gasteiger partial charge in [0.2, 0.25) is 0 Å². The minimum atomic E-state index is -4.34. The Labute approximate surface area is 61.6 Å². The number of aromatic nitrogens is 2. The molecule has 5 heteroatoms. The molecule has 0 amide bonds. The molecule has 0 N–H and O–H groups in total. The molecule has 0 bridgehead atoms. The van der Waals surface area contributed by atoms with E-state index in [1.165, 1.54) is 7.05 Å². The summed E-state index contributed by atoms with van der Waals surface area (Å²) >= 11 is 0. The van der Waals surface area contributed by atoms with Crippen LogP contribution in [-0.2, 0) is 13.2 Å². The van der Waals surface area contributed by atoms with Crippen molar-refractivity contribution in [3.05, 3.63) is 24.4 Å². The first-order valence-electron chi connectivity index (χ1n) is 2.84. The maximum Gasteiger partial charge on any atom is 0.419 e. The van der Waals surface area contributed by atoms with E-state index in [-0.39, 0.29) is 5.69 Å². The fraction of sp³-hybridized carbons (Fsp3) is 0.333. The average Bonchev–Trinajstić information content (AvgIpc) is 2.08. The molecular formula is C6H6F3N2. The van der Waals surface area contributed by atoms with E-state index in [4.69, 9.17) is 0 Å². The van der Waals surface area contributed by atoms with Crippen molar-refractivity contribution >= 4 is 0 Å². The van der Waals surface area contributed by atoms with Crippen molar-refractivity contribution < 1.29 is 13.2 Å². The number of nitrogens with zero attached hydrogens (tertiary/aromatic N) is 2. The molecule has 1 radical (unpaired) electrons. The molecule has 0 unspecified atom stereocenters. The quantitative estimate of drug-likeness (QED) is 0.568. The highest BCUT2D eigenvalue weighted by Crippen LogP contribution is 2.30. The molecule has 0 saturated heterocycles. The van der Waals surface area contributed by atoms with Crippen LogP contribution >= 0.6 is 0 Å². The Morgan fingerprint density at radius 2 is 2.09 bits per heavy atom. The maximum atomic E-state index is 12.0. The van der Waals surface area contributed by atoms with Crippen molar-refractivity contribution in [3.63, 3.8) is 0 Å². The van der Waals surface area contributed by atoms with Gasteiger partial charge in [0.1, 0.15) is 0 Å². The van der Waals surface area contributed by atoms with Gasteiger partial charge in [-0.05, 0) is 6.92 Å². The van der Waals surface area contributed by atoms with Crippen molar-refractivity contribution in [1.29, 1.82) is 0 Å². The molecule has 1 aromatic rings. The van der Waals surface area contributed by atoms with E-state index in [0.29, 0.717) is 0 Å². The average molecular weight is 163 g/mol. The molecule has 1 heterocycles. The number of hydrogen-bond acceptors (Lipinski definition) is 1. The van der Waals surface area contributed by atoms with Crippen LogP contribution in [0.25, 0.3) is 0 Å². The Hall–Kier alpha value is -1.00. The van der Waals surface area contributed by atoms with Crippen LogP contribution in [0, 0.1) is 6.92 Å². The number of rotatable bonds is 0. The van der Waals surface area contributed by atoms with Crippen LogP contribution in [-0.4, -0.2) is 9.78 Å². The van der Waals surface area contributed by atoms with Gasteiger partial charge < -0.3 is 0 Å². The van der Waals surface area contributed by atoms with Gasteiger partial charge in [-0.2, -0.15) is 18.3 Å². The summed E-state index contributed by atoms with van der Waals surface area (Å²) in [6.07, 6.45) is -3.44. The fourth-order valence-corrected chi connectivity index (χ4v) is 0.771. The van der Waals surface area contributed by atoms with E-state index >= 15 is 0 Å². The standard InChI is InChI=1S/C6H6F3N2/c1-4-5(6(7,8)9)3-11(2)10-4/h3H,1H2,2H3. The van der Waals surface area contributed by atoms with Crippen molar-refractivity contribution in [3.8, 4) is 0 Å². The Balaban J connectivity index is 3.13. The third-order valence-corrected chi connectivity index (χ3v) is 1.21. The van der Waals surface area contributed by atoms with Crippen LogP contribution < -0.4 is 0 Å². The molecule has 0 spiro atoms. The lowest BCUT2D eigenvalue weighted by Crippen LogP contribution is -2.04. The summed E-state index contributed by atoms with van der Waals surface area (Å²) in [6, 6.07) is 0. The van der Waals surface area contributed by atoms with Gasteiger partial charge >= 0.3 is 6.18 Å². The predicted molar refractivity (Wildman–Crippen MR) is 32.7 cm³/mol. The lowest BCUT2D eigenvalue weighted by molar-refractivity contribution is -0.137. The van der Waals surface area contributed by atoms with Crippen molar-refractivity contribution in [1.82, 2.24) is 9.78 Å². The Morgan fingerprint density at radius 3 is 2.27 bits per heavy atom. The third kappa shape index (κ3) is 1.53. The van der Waals surface area contributed by atoms with Crippen LogP contribution in [0.3, 0.4) is 0 Å². The molecule has 0 fully saturated rings. The summed E-state index contributed by atoms with van der Waals surface area (Å²) in [4.78, 5) is 0. The van der Waals surface area contributed by atoms with E-state index in [2.05, 4.69) is 12.0 Å². The van der Waals surface area contributed by atoms with Crippen molar-refractivity contribution in [2.45, 2.75) is 6.18 Å². The molecule has 0 aliphatic carbocycles. The molecular weight excluding hydrogens is 157 g/mol. The van der Waals surface area contributed by atoms with Gasteiger partial charge in [-0.15, -0.1) is 0 Å². The van der Waals surface area contributed by atoms with E-state index in [1.807, 2.05) is 0 Å². The fourth-order valence-electron chi connectivity index (χ4n) is 0.771. The minimum Gasteiger partial charge on any atom is -0.275 e. The van der Waals surface area contributed by atoms with Gasteiger partial charge in [0, 0.05) is 13.2 Å². The topological polar surface area (TPSA) is 17.8 Å². The molecule has 61 valence electrons. The zero-order chi connectivity index (χ0) is 8.65. The van der Waals surface area contributed by atoms with Gasteiger partial charge in [-0.1, -0.05) is 0 Å². The summed E-state index contributed by atoms with van der Waals surface area (Å²) in [5.41, 5.74) is -1.01. The van der Waals surface area contributed by atoms with E-state index in [9.17, 15) is 13.2 Å². The van der Waals surface area contributed by atoms with Gasteiger partial charge in [0.25, 0.3) is 0 Å². The van der Waals surface area contributed by atoms with Gasteiger partial charge in [0.15, 0.2) is 0 Å². The van der Waals surface area contributed by atoms with Gasteiger partial charge in [-0.25, -0.2) is 0 Å². The molecule has 1 aromatic heterocycles. The third-order valence-electron chi connectivity index (χ3n) is 1.21. The number of aryl methyl sites for hydroxylation is 1. The van der Waals surface area contributed by atoms with Crippen LogP contribution in [0.15, 0.2) is 6.20 Å². The first kappa shape index (κ1) is 8.10. The molecule has 1 rings (SSSR count). The zero-order valence-electron chi connectivity index (χ0n) is 5.81. The Kier molecular flexibility index (Phi) is 1.66. The smallest absolute Gasteiger partial charge is 0.275 e. The SMILES string of the molecule is [CH2]c1nn(C)cc1C(F)(F)F. The van der Waals surface area contributed by atoms with Crippen LogP contribution in [0.2, 0.25) is 0 Å². The highest BCUT2D eigenvalue weighted by atomic mass is 19.4. The van der Waals surface area contributed by atoms with Crippen molar-refractivity contribution in [2.75, 3.05) is 0 Å². The molecule has 0 aliphatic rings. The summed E-state index contributed by atoms with van der Waals surface area (Å²) in [5, 5.41) is 3.46. The van der Waals surface area contributed by atoms with Gasteiger partial charge in [0.05, 0.1) is 11.3 Å². The molecule has 0 saturated carbocycles.